The summed E-state index contributed by atoms with van der Waals surface area (Å²) in [5.41, 5.74) is 1.57. The van der Waals surface area contributed by atoms with Crippen molar-refractivity contribution in [3.63, 3.8) is 0 Å². The van der Waals surface area contributed by atoms with Gasteiger partial charge in [-0.1, -0.05) is 25.5 Å². The van der Waals surface area contributed by atoms with E-state index < -0.39 is 12.2 Å². The van der Waals surface area contributed by atoms with Crippen molar-refractivity contribution in [1.29, 1.82) is 0 Å². The number of hydrogen-bond donors (Lipinski definition) is 2. The number of nitrogens with one attached hydrogen (secondary N) is 1. The average Bonchev–Trinajstić information content (AvgIpc) is 2.86. The number of carbonyl (C=O) groups excluding carboxylic acids is 2. The molecule has 6 heteroatoms. The fourth-order valence-corrected chi connectivity index (χ4v) is 2.41. The fourth-order valence-electron chi connectivity index (χ4n) is 2.41. The predicted octanol–water partition coefficient (Wildman–Crippen LogP) is 1.98. The van der Waals surface area contributed by atoms with Gasteiger partial charge in [0.1, 0.15) is 6.10 Å². The molecular formula is C16H22N2O4. The molecule has 0 aliphatic carbocycles. The van der Waals surface area contributed by atoms with E-state index in [9.17, 15) is 14.7 Å². The Bertz CT molecular complexity index is 529. The molecular weight excluding hydrogens is 284 g/mol. The molecule has 2 rings (SSSR count). The molecule has 1 fully saturated rings. The van der Waals surface area contributed by atoms with E-state index in [1.807, 2.05) is 19.1 Å². The van der Waals surface area contributed by atoms with Crippen molar-refractivity contribution in [3.05, 3.63) is 29.8 Å². The van der Waals surface area contributed by atoms with Gasteiger partial charge in [0.2, 0.25) is 5.91 Å². The summed E-state index contributed by atoms with van der Waals surface area (Å²) in [4.78, 5) is 24.3. The number of carbonyl (C=O) groups is 2. The van der Waals surface area contributed by atoms with Crippen molar-refractivity contribution in [3.8, 4) is 0 Å². The van der Waals surface area contributed by atoms with Crippen LogP contribution in [0.2, 0.25) is 0 Å². The van der Waals surface area contributed by atoms with Crippen LogP contribution in [0.25, 0.3) is 0 Å². The lowest BCUT2D eigenvalue weighted by Crippen LogP contribution is -2.33. The second-order valence-corrected chi connectivity index (χ2v) is 5.45. The quantitative estimate of drug-likeness (QED) is 0.842. The maximum atomic E-state index is 11.9. The Morgan fingerprint density at radius 3 is 2.73 bits per heavy atom. The van der Waals surface area contributed by atoms with E-state index in [0.717, 1.165) is 17.7 Å². The van der Waals surface area contributed by atoms with Crippen molar-refractivity contribution in [2.24, 2.45) is 0 Å². The number of ether oxygens (including phenoxy) is 1. The highest BCUT2D eigenvalue weighted by molar-refractivity contribution is 5.89. The number of nitrogens with zero attached hydrogens (tertiary/aromatic N) is 1. The van der Waals surface area contributed by atoms with Gasteiger partial charge in [0.15, 0.2) is 0 Å². The molecule has 2 amide bonds. The van der Waals surface area contributed by atoms with E-state index in [-0.39, 0.29) is 12.0 Å². The van der Waals surface area contributed by atoms with Crippen LogP contribution in [0, 0.1) is 0 Å². The smallest absolute Gasteiger partial charge is 0.414 e. The maximum absolute atomic E-state index is 11.9. The van der Waals surface area contributed by atoms with Gasteiger partial charge in [-0.25, -0.2) is 4.79 Å². The summed E-state index contributed by atoms with van der Waals surface area (Å²) < 4.78 is 5.22. The van der Waals surface area contributed by atoms with E-state index in [1.165, 1.54) is 11.8 Å². The Morgan fingerprint density at radius 1 is 1.45 bits per heavy atom. The lowest BCUT2D eigenvalue weighted by Gasteiger charge is -2.15. The van der Waals surface area contributed by atoms with E-state index in [0.29, 0.717) is 19.5 Å². The van der Waals surface area contributed by atoms with Crippen molar-refractivity contribution < 1.29 is 19.4 Å². The second-order valence-electron chi connectivity index (χ2n) is 5.45. The highest BCUT2D eigenvalue weighted by Gasteiger charge is 2.32. The van der Waals surface area contributed by atoms with E-state index in [1.54, 1.807) is 12.1 Å². The van der Waals surface area contributed by atoms with Crippen LogP contribution in [-0.2, 0) is 9.53 Å². The summed E-state index contributed by atoms with van der Waals surface area (Å²) in [7, 11) is 0. The Kier molecular flexibility index (Phi) is 5.38. The summed E-state index contributed by atoms with van der Waals surface area (Å²) in [6, 6.07) is 7.25. The number of cyclic esters (lactones) is 1. The standard InChI is InChI=1S/C16H22N2O4/c1-3-4-15(20)12-5-7-13(8-6-12)18-10-14(22-16(18)21)9-17-11(2)19/h5-8,14-15,20H,3-4,9-10H2,1-2H3,(H,17,19)/t14-,15?/m0/s1. The van der Waals surface area contributed by atoms with Gasteiger partial charge < -0.3 is 15.2 Å². The van der Waals surface area contributed by atoms with Gasteiger partial charge in [0.05, 0.1) is 19.2 Å². The molecule has 1 aromatic rings. The van der Waals surface area contributed by atoms with E-state index >= 15 is 0 Å². The summed E-state index contributed by atoms with van der Waals surface area (Å²) >= 11 is 0. The molecule has 0 aromatic heterocycles. The normalized spacial score (nSPS) is 19.0. The minimum Gasteiger partial charge on any atom is -0.442 e. The first-order valence-corrected chi connectivity index (χ1v) is 7.52. The maximum Gasteiger partial charge on any atom is 0.414 e. The molecule has 0 bridgehead atoms. The van der Waals surface area contributed by atoms with Gasteiger partial charge in [0, 0.05) is 12.6 Å². The zero-order chi connectivity index (χ0) is 16.1. The zero-order valence-corrected chi connectivity index (χ0v) is 12.9. The van der Waals surface area contributed by atoms with Crippen LogP contribution >= 0.6 is 0 Å². The molecule has 0 saturated carbocycles. The first-order valence-electron chi connectivity index (χ1n) is 7.52. The third-order valence-electron chi connectivity index (χ3n) is 3.60. The van der Waals surface area contributed by atoms with Crippen LogP contribution in [0.5, 0.6) is 0 Å². The Morgan fingerprint density at radius 2 is 2.14 bits per heavy atom. The van der Waals surface area contributed by atoms with E-state index in [4.69, 9.17) is 4.74 Å². The van der Waals surface area contributed by atoms with Crippen LogP contribution in [-0.4, -0.2) is 36.3 Å². The molecule has 1 heterocycles. The average molecular weight is 306 g/mol. The van der Waals surface area contributed by atoms with Crippen LogP contribution in [0.15, 0.2) is 24.3 Å². The molecule has 1 unspecified atom stereocenters. The Labute approximate surface area is 130 Å². The van der Waals surface area contributed by atoms with Crippen LogP contribution in [0.4, 0.5) is 10.5 Å². The number of benzene rings is 1. The fraction of sp³-hybridized carbons (Fsp3) is 0.500. The SMILES string of the molecule is CCCC(O)c1ccc(N2C[C@H](CNC(C)=O)OC2=O)cc1. The van der Waals surface area contributed by atoms with Gasteiger partial charge in [-0.05, 0) is 24.1 Å². The van der Waals surface area contributed by atoms with Crippen molar-refractivity contribution in [1.82, 2.24) is 5.32 Å². The van der Waals surface area contributed by atoms with Gasteiger partial charge in [-0.3, -0.25) is 9.69 Å². The highest BCUT2D eigenvalue weighted by atomic mass is 16.6. The lowest BCUT2D eigenvalue weighted by atomic mass is 10.0. The van der Waals surface area contributed by atoms with E-state index in [2.05, 4.69) is 5.32 Å². The predicted molar refractivity (Wildman–Crippen MR) is 82.6 cm³/mol. The third kappa shape index (κ3) is 3.98. The van der Waals surface area contributed by atoms with Crippen LogP contribution in [0.1, 0.15) is 38.4 Å². The second kappa shape index (κ2) is 7.26. The Hall–Kier alpha value is -2.08. The van der Waals surface area contributed by atoms with Crippen LogP contribution < -0.4 is 10.2 Å². The van der Waals surface area contributed by atoms with Crippen molar-refractivity contribution >= 4 is 17.7 Å². The number of aliphatic hydroxyl groups excluding tert-OH is 1. The minimum absolute atomic E-state index is 0.149. The minimum atomic E-state index is -0.475. The van der Waals surface area contributed by atoms with Gasteiger partial charge in [0.25, 0.3) is 0 Å². The molecule has 2 N–H and O–H groups in total. The number of anilines is 1. The first-order chi connectivity index (χ1) is 10.5. The summed E-state index contributed by atoms with van der Waals surface area (Å²) in [5.74, 6) is -0.149. The van der Waals surface area contributed by atoms with Gasteiger partial charge in [-0.2, -0.15) is 0 Å². The summed E-state index contributed by atoms with van der Waals surface area (Å²) in [5, 5.41) is 12.6. The molecule has 120 valence electrons. The lowest BCUT2D eigenvalue weighted by molar-refractivity contribution is -0.119. The number of amides is 2. The number of aliphatic hydroxyl groups is 1. The molecule has 0 radical (unpaired) electrons. The van der Waals surface area contributed by atoms with Crippen LogP contribution in [0.3, 0.4) is 0 Å². The topological polar surface area (TPSA) is 78.9 Å². The molecule has 1 aliphatic rings. The molecule has 0 spiro atoms. The number of hydrogen-bond acceptors (Lipinski definition) is 4. The van der Waals surface area contributed by atoms with Crippen molar-refractivity contribution in [2.45, 2.75) is 38.9 Å². The van der Waals surface area contributed by atoms with Gasteiger partial charge in [-0.15, -0.1) is 0 Å². The third-order valence-corrected chi connectivity index (χ3v) is 3.60. The highest BCUT2D eigenvalue weighted by Crippen LogP contribution is 2.25. The largest absolute Gasteiger partial charge is 0.442 e. The Balaban J connectivity index is 1.99. The number of rotatable bonds is 6. The van der Waals surface area contributed by atoms with Gasteiger partial charge >= 0.3 is 6.09 Å². The first kappa shape index (κ1) is 16.3. The van der Waals surface area contributed by atoms with Crippen molar-refractivity contribution in [2.75, 3.05) is 18.0 Å². The molecule has 22 heavy (non-hydrogen) atoms. The summed E-state index contributed by atoms with van der Waals surface area (Å²) in [6.45, 7) is 4.16. The molecule has 1 aromatic carbocycles. The molecule has 2 atom stereocenters. The molecule has 6 nitrogen and oxygen atoms in total. The summed E-state index contributed by atoms with van der Waals surface area (Å²) in [6.07, 6.45) is 0.381. The molecule has 1 saturated heterocycles. The molecule has 1 aliphatic heterocycles. The zero-order valence-electron chi connectivity index (χ0n) is 12.9. The monoisotopic (exact) mass is 306 g/mol.